The summed E-state index contributed by atoms with van der Waals surface area (Å²) in [5.41, 5.74) is 0.968. The van der Waals surface area contributed by atoms with Gasteiger partial charge in [0, 0.05) is 31.1 Å². The Morgan fingerprint density at radius 1 is 1.29 bits per heavy atom. The fourth-order valence-electron chi connectivity index (χ4n) is 2.86. The van der Waals surface area contributed by atoms with Crippen molar-refractivity contribution in [2.45, 2.75) is 45.7 Å². The van der Waals surface area contributed by atoms with Crippen LogP contribution in [0.5, 0.6) is 0 Å². The van der Waals surface area contributed by atoms with E-state index in [2.05, 4.69) is 12.2 Å². The number of piperidine rings is 1. The minimum absolute atomic E-state index is 0.0701. The smallest absolute Gasteiger partial charge is 0.225 e. The maximum Gasteiger partial charge on any atom is 0.225 e. The fourth-order valence-corrected chi connectivity index (χ4v) is 2.86. The molecule has 1 N–H and O–H groups in total. The van der Waals surface area contributed by atoms with E-state index in [9.17, 15) is 9.18 Å². The first-order valence-electron chi connectivity index (χ1n) is 7.77. The highest BCUT2D eigenvalue weighted by Gasteiger charge is 2.25. The highest BCUT2D eigenvalue weighted by molar-refractivity contribution is 5.78. The van der Waals surface area contributed by atoms with E-state index in [0.29, 0.717) is 6.04 Å². The summed E-state index contributed by atoms with van der Waals surface area (Å²) in [5, 5.41) is 3.55. The van der Waals surface area contributed by atoms with Gasteiger partial charge in [-0.25, -0.2) is 4.39 Å². The number of hydrogen-bond acceptors (Lipinski definition) is 2. The Bertz CT molecular complexity index is 481. The van der Waals surface area contributed by atoms with Gasteiger partial charge in [-0.05, 0) is 37.5 Å². The Morgan fingerprint density at radius 3 is 2.52 bits per heavy atom. The molecule has 3 nitrogen and oxygen atoms in total. The monoisotopic (exact) mass is 292 g/mol. The Kier molecular flexibility index (Phi) is 5.34. The van der Waals surface area contributed by atoms with E-state index in [1.807, 2.05) is 24.8 Å². The van der Waals surface area contributed by atoms with Crippen molar-refractivity contribution in [1.82, 2.24) is 10.2 Å². The van der Waals surface area contributed by atoms with Crippen LogP contribution in [0.15, 0.2) is 24.3 Å². The molecule has 0 saturated carbocycles. The van der Waals surface area contributed by atoms with Gasteiger partial charge < -0.3 is 10.2 Å². The Labute approximate surface area is 126 Å². The van der Waals surface area contributed by atoms with Gasteiger partial charge >= 0.3 is 0 Å². The SMILES string of the molecule is CC(C)C(=O)N1CCC(NC(C)c2cccc(F)c2)CC1. The van der Waals surface area contributed by atoms with Crippen molar-refractivity contribution in [2.75, 3.05) is 13.1 Å². The van der Waals surface area contributed by atoms with Crippen LogP contribution in [0.4, 0.5) is 4.39 Å². The Balaban J connectivity index is 1.85. The molecule has 0 bridgehead atoms. The molecule has 1 saturated heterocycles. The molecule has 1 aliphatic heterocycles. The number of rotatable bonds is 4. The number of benzene rings is 1. The normalized spacial score (nSPS) is 18.0. The van der Waals surface area contributed by atoms with Crippen molar-refractivity contribution in [3.8, 4) is 0 Å². The quantitative estimate of drug-likeness (QED) is 0.924. The second-order valence-electron chi connectivity index (χ2n) is 6.20. The molecule has 1 atom stereocenters. The number of likely N-dealkylation sites (tertiary alicyclic amines) is 1. The highest BCUT2D eigenvalue weighted by Crippen LogP contribution is 2.19. The maximum atomic E-state index is 13.2. The molecule has 1 aromatic carbocycles. The van der Waals surface area contributed by atoms with Gasteiger partial charge in [0.25, 0.3) is 0 Å². The van der Waals surface area contributed by atoms with Crippen LogP contribution in [-0.4, -0.2) is 29.9 Å². The zero-order chi connectivity index (χ0) is 15.4. The summed E-state index contributed by atoms with van der Waals surface area (Å²) < 4.78 is 13.2. The van der Waals surface area contributed by atoms with Crippen molar-refractivity contribution in [3.63, 3.8) is 0 Å². The predicted molar refractivity (Wildman–Crippen MR) is 82.4 cm³/mol. The molecule has 1 aliphatic rings. The van der Waals surface area contributed by atoms with Crippen molar-refractivity contribution < 1.29 is 9.18 Å². The molecule has 116 valence electrons. The second kappa shape index (κ2) is 7.03. The van der Waals surface area contributed by atoms with Crippen molar-refractivity contribution in [2.24, 2.45) is 5.92 Å². The topological polar surface area (TPSA) is 32.3 Å². The molecule has 0 aliphatic carbocycles. The number of halogens is 1. The maximum absolute atomic E-state index is 13.2. The van der Waals surface area contributed by atoms with Crippen molar-refractivity contribution in [1.29, 1.82) is 0 Å². The third-order valence-corrected chi connectivity index (χ3v) is 4.13. The van der Waals surface area contributed by atoms with E-state index in [4.69, 9.17) is 0 Å². The lowest BCUT2D eigenvalue weighted by atomic mass is 10.0. The lowest BCUT2D eigenvalue weighted by Gasteiger charge is -2.35. The van der Waals surface area contributed by atoms with Crippen LogP contribution in [0.25, 0.3) is 0 Å². The number of nitrogens with one attached hydrogen (secondary N) is 1. The van der Waals surface area contributed by atoms with Crippen LogP contribution >= 0.6 is 0 Å². The number of carbonyl (C=O) groups is 1. The summed E-state index contributed by atoms with van der Waals surface area (Å²) in [6.45, 7) is 7.56. The number of amides is 1. The lowest BCUT2D eigenvalue weighted by Crippen LogP contribution is -2.46. The molecule has 0 spiro atoms. The lowest BCUT2D eigenvalue weighted by molar-refractivity contribution is -0.135. The zero-order valence-corrected chi connectivity index (χ0v) is 13.1. The molecule has 1 fully saturated rings. The molecule has 21 heavy (non-hydrogen) atoms. The summed E-state index contributed by atoms with van der Waals surface area (Å²) in [6.07, 6.45) is 1.91. The van der Waals surface area contributed by atoms with E-state index in [-0.39, 0.29) is 23.7 Å². The molecular weight excluding hydrogens is 267 g/mol. The van der Waals surface area contributed by atoms with Crippen molar-refractivity contribution >= 4 is 5.91 Å². The van der Waals surface area contributed by atoms with Crippen LogP contribution in [0.2, 0.25) is 0 Å². The minimum atomic E-state index is -0.196. The van der Waals surface area contributed by atoms with Crippen LogP contribution in [0.1, 0.15) is 45.2 Å². The average molecular weight is 292 g/mol. The molecule has 1 unspecified atom stereocenters. The molecule has 1 amide bonds. The summed E-state index contributed by atoms with van der Waals surface area (Å²) in [4.78, 5) is 13.9. The average Bonchev–Trinajstić information content (AvgIpc) is 2.47. The highest BCUT2D eigenvalue weighted by atomic mass is 19.1. The standard InChI is InChI=1S/C17H25FN2O/c1-12(2)17(21)20-9-7-16(8-10-20)19-13(3)14-5-4-6-15(18)11-14/h4-6,11-13,16,19H,7-10H2,1-3H3. The number of nitrogens with zero attached hydrogens (tertiary/aromatic N) is 1. The van der Waals surface area contributed by atoms with Gasteiger partial charge in [0.15, 0.2) is 0 Å². The van der Waals surface area contributed by atoms with Crippen LogP contribution in [-0.2, 0) is 4.79 Å². The first-order valence-corrected chi connectivity index (χ1v) is 7.77. The molecule has 4 heteroatoms. The van der Waals surface area contributed by atoms with Gasteiger partial charge in [0.05, 0.1) is 0 Å². The molecule has 0 aromatic heterocycles. The third-order valence-electron chi connectivity index (χ3n) is 4.13. The van der Waals surface area contributed by atoms with Gasteiger partial charge in [0.1, 0.15) is 5.82 Å². The van der Waals surface area contributed by atoms with Gasteiger partial charge in [-0.3, -0.25) is 4.79 Å². The minimum Gasteiger partial charge on any atom is -0.342 e. The van der Waals surface area contributed by atoms with Gasteiger partial charge in [-0.2, -0.15) is 0 Å². The van der Waals surface area contributed by atoms with Gasteiger partial charge in [-0.15, -0.1) is 0 Å². The van der Waals surface area contributed by atoms with E-state index >= 15 is 0 Å². The Hall–Kier alpha value is -1.42. The molecule has 0 radical (unpaired) electrons. The summed E-state index contributed by atoms with van der Waals surface area (Å²) >= 11 is 0. The number of hydrogen-bond donors (Lipinski definition) is 1. The largest absolute Gasteiger partial charge is 0.342 e. The van der Waals surface area contributed by atoms with Crippen LogP contribution < -0.4 is 5.32 Å². The Morgan fingerprint density at radius 2 is 1.95 bits per heavy atom. The van der Waals surface area contributed by atoms with Gasteiger partial charge in [0.2, 0.25) is 5.91 Å². The molecule has 2 rings (SSSR count). The molecule has 1 heterocycles. The summed E-state index contributed by atoms with van der Waals surface area (Å²) in [7, 11) is 0. The third kappa shape index (κ3) is 4.27. The molecule has 1 aromatic rings. The first kappa shape index (κ1) is 16.0. The second-order valence-corrected chi connectivity index (χ2v) is 6.20. The van der Waals surface area contributed by atoms with Gasteiger partial charge in [-0.1, -0.05) is 26.0 Å². The van der Waals surface area contributed by atoms with E-state index in [0.717, 1.165) is 31.5 Å². The van der Waals surface area contributed by atoms with Crippen LogP contribution in [0.3, 0.4) is 0 Å². The summed E-state index contributed by atoms with van der Waals surface area (Å²) in [6, 6.07) is 7.24. The van der Waals surface area contributed by atoms with Crippen LogP contribution in [0, 0.1) is 11.7 Å². The first-order chi connectivity index (χ1) is 9.97. The van der Waals surface area contributed by atoms with Crippen molar-refractivity contribution in [3.05, 3.63) is 35.6 Å². The zero-order valence-electron chi connectivity index (χ0n) is 13.1. The summed E-state index contributed by atoms with van der Waals surface area (Å²) in [5.74, 6) is 0.117. The number of carbonyl (C=O) groups excluding carboxylic acids is 1. The fraction of sp³-hybridized carbons (Fsp3) is 0.588. The van der Waals surface area contributed by atoms with E-state index < -0.39 is 0 Å². The van der Waals surface area contributed by atoms with E-state index in [1.165, 1.54) is 6.07 Å². The van der Waals surface area contributed by atoms with E-state index in [1.54, 1.807) is 12.1 Å². The molecular formula is C17H25FN2O. The predicted octanol–water partition coefficient (Wildman–Crippen LogP) is 3.12.